The highest BCUT2D eigenvalue weighted by Gasteiger charge is 2.27. The maximum absolute atomic E-state index is 12.3. The molecule has 2 rings (SSSR count). The number of rotatable bonds is 5. The van der Waals surface area contributed by atoms with Gasteiger partial charge in [0.25, 0.3) is 0 Å². The van der Waals surface area contributed by atoms with Crippen LogP contribution in [0.5, 0.6) is 0 Å². The van der Waals surface area contributed by atoms with Gasteiger partial charge >= 0.3 is 6.03 Å². The second-order valence-electron chi connectivity index (χ2n) is 5.35. The molecule has 4 nitrogen and oxygen atoms in total. The van der Waals surface area contributed by atoms with E-state index >= 15 is 0 Å². The van der Waals surface area contributed by atoms with Crippen LogP contribution in [0.3, 0.4) is 0 Å². The number of urea groups is 1. The molecule has 0 aromatic heterocycles. The number of benzene rings is 1. The summed E-state index contributed by atoms with van der Waals surface area (Å²) in [5.74, 6) is 0.893. The topological polar surface area (TPSA) is 45.0 Å². The molecule has 1 aromatic rings. The van der Waals surface area contributed by atoms with Gasteiger partial charge in [-0.15, -0.1) is 0 Å². The molecule has 0 bridgehead atoms. The van der Waals surface area contributed by atoms with E-state index in [2.05, 4.69) is 25.8 Å². The second kappa shape index (κ2) is 7.50. The number of carbonyl (C=O) groups is 1. The number of nitrogens with zero attached hydrogens (tertiary/aromatic N) is 3. The summed E-state index contributed by atoms with van der Waals surface area (Å²) >= 11 is 0. The van der Waals surface area contributed by atoms with Crippen molar-refractivity contribution in [3.05, 3.63) is 30.3 Å². The zero-order valence-corrected chi connectivity index (χ0v) is 13.8. The van der Waals surface area contributed by atoms with Crippen molar-refractivity contribution in [2.75, 3.05) is 17.3 Å². The number of unbranched alkanes of at least 4 members (excludes halogenated alkanes) is 1. The van der Waals surface area contributed by atoms with Crippen LogP contribution in [0.2, 0.25) is 0 Å². The number of hydrogen-bond donors (Lipinski definition) is 0. The van der Waals surface area contributed by atoms with Crippen LogP contribution < -0.4 is 4.90 Å². The quantitative estimate of drug-likeness (QED) is 0.750. The van der Waals surface area contributed by atoms with E-state index < -0.39 is 0 Å². The lowest BCUT2D eigenvalue weighted by atomic mass is 10.2. The van der Waals surface area contributed by atoms with Crippen LogP contribution in [-0.2, 0) is 10.7 Å². The normalized spacial score (nSPS) is 19.2. The molecule has 0 saturated heterocycles. The highest BCUT2D eigenvalue weighted by atomic mass is 32.2. The van der Waals surface area contributed by atoms with E-state index in [0.717, 1.165) is 30.1 Å². The first-order valence-electron chi connectivity index (χ1n) is 7.47. The SMILES string of the molecule is CCCCN=S1CN(c2ccccc2)C(=O)N=C1C(C)C. The Morgan fingerprint density at radius 2 is 2.05 bits per heavy atom. The van der Waals surface area contributed by atoms with E-state index in [0.29, 0.717) is 5.88 Å². The number of carbonyl (C=O) groups excluding carboxylic acids is 1. The van der Waals surface area contributed by atoms with E-state index in [-0.39, 0.29) is 22.6 Å². The average Bonchev–Trinajstić information content (AvgIpc) is 2.49. The molecular weight excluding hydrogens is 282 g/mol. The van der Waals surface area contributed by atoms with Gasteiger partial charge in [0, 0.05) is 18.2 Å². The predicted molar refractivity (Wildman–Crippen MR) is 91.0 cm³/mol. The lowest BCUT2D eigenvalue weighted by molar-refractivity contribution is 0.255. The van der Waals surface area contributed by atoms with Crippen molar-refractivity contribution in [3.8, 4) is 0 Å². The Hall–Kier alpha value is -1.49. The molecule has 1 aliphatic rings. The fraction of sp³-hybridized carbons (Fsp3) is 0.500. The van der Waals surface area contributed by atoms with E-state index in [4.69, 9.17) is 4.36 Å². The zero-order chi connectivity index (χ0) is 15.2. The predicted octanol–water partition coefficient (Wildman–Crippen LogP) is 4.24. The summed E-state index contributed by atoms with van der Waals surface area (Å²) in [6.45, 7) is 7.18. The maximum atomic E-state index is 12.3. The van der Waals surface area contributed by atoms with Gasteiger partial charge in [-0.1, -0.05) is 45.4 Å². The fourth-order valence-corrected chi connectivity index (χ4v) is 4.01. The first kappa shape index (κ1) is 15.9. The van der Waals surface area contributed by atoms with Crippen molar-refractivity contribution >= 4 is 27.5 Å². The zero-order valence-electron chi connectivity index (χ0n) is 13.0. The molecule has 1 aliphatic heterocycles. The van der Waals surface area contributed by atoms with Gasteiger partial charge in [0.15, 0.2) is 0 Å². The first-order chi connectivity index (χ1) is 10.1. The Kier molecular flexibility index (Phi) is 5.67. The van der Waals surface area contributed by atoms with Crippen LogP contribution in [0.4, 0.5) is 10.5 Å². The number of aliphatic imine (C=N–C) groups is 1. The molecule has 0 saturated carbocycles. The van der Waals surface area contributed by atoms with E-state index in [1.54, 1.807) is 4.90 Å². The van der Waals surface area contributed by atoms with Crippen molar-refractivity contribution in [3.63, 3.8) is 0 Å². The van der Waals surface area contributed by atoms with Gasteiger partial charge in [0.1, 0.15) is 0 Å². The van der Waals surface area contributed by atoms with Gasteiger partial charge in [-0.25, -0.2) is 4.79 Å². The standard InChI is InChI=1S/C16H23N3OS/c1-4-5-11-17-21-12-19(14-9-7-6-8-10-14)16(20)18-15(21)13(2)3/h6-10,13H,4-5,11-12H2,1-3H3. The minimum absolute atomic E-state index is 0.167. The first-order valence-corrected chi connectivity index (χ1v) is 8.82. The Labute approximate surface area is 129 Å². The monoisotopic (exact) mass is 305 g/mol. The number of para-hydroxylation sites is 1. The third-order valence-electron chi connectivity index (χ3n) is 3.25. The summed E-state index contributed by atoms with van der Waals surface area (Å²) in [5.41, 5.74) is 0.900. The van der Waals surface area contributed by atoms with E-state index in [1.807, 2.05) is 30.3 Å². The van der Waals surface area contributed by atoms with Gasteiger partial charge in [-0.05, 0) is 29.2 Å². The molecule has 0 N–H and O–H groups in total. The largest absolute Gasteiger partial charge is 0.349 e. The van der Waals surface area contributed by atoms with Gasteiger partial charge in [0.05, 0.1) is 10.9 Å². The molecule has 0 radical (unpaired) electrons. The molecule has 2 amide bonds. The van der Waals surface area contributed by atoms with Crippen LogP contribution >= 0.6 is 0 Å². The molecule has 1 unspecified atom stereocenters. The molecule has 1 atom stereocenters. The molecule has 0 spiro atoms. The lowest BCUT2D eigenvalue weighted by Gasteiger charge is -2.28. The summed E-state index contributed by atoms with van der Waals surface area (Å²) in [4.78, 5) is 18.3. The van der Waals surface area contributed by atoms with Crippen molar-refractivity contribution in [1.29, 1.82) is 0 Å². The molecule has 1 aromatic carbocycles. The lowest BCUT2D eigenvalue weighted by Crippen LogP contribution is -2.40. The Morgan fingerprint density at radius 3 is 2.67 bits per heavy atom. The summed E-state index contributed by atoms with van der Waals surface area (Å²) in [6.07, 6.45) is 2.23. The van der Waals surface area contributed by atoms with Crippen molar-refractivity contribution in [2.24, 2.45) is 15.3 Å². The number of hydrogen-bond acceptors (Lipinski definition) is 2. The summed E-state index contributed by atoms with van der Waals surface area (Å²) < 4.78 is 4.79. The summed E-state index contributed by atoms with van der Waals surface area (Å²) in [5, 5.41) is 0.947. The molecule has 1 heterocycles. The van der Waals surface area contributed by atoms with Crippen LogP contribution in [0, 0.1) is 5.92 Å². The van der Waals surface area contributed by atoms with Crippen molar-refractivity contribution < 1.29 is 4.79 Å². The Morgan fingerprint density at radius 1 is 1.33 bits per heavy atom. The van der Waals surface area contributed by atoms with Crippen LogP contribution in [-0.4, -0.2) is 23.5 Å². The minimum atomic E-state index is -0.285. The Balaban J connectivity index is 2.29. The van der Waals surface area contributed by atoms with Crippen LogP contribution in [0.1, 0.15) is 33.6 Å². The van der Waals surface area contributed by atoms with Gasteiger partial charge < -0.3 is 0 Å². The highest BCUT2D eigenvalue weighted by Crippen LogP contribution is 2.21. The summed E-state index contributed by atoms with van der Waals surface area (Å²) in [6, 6.07) is 9.56. The number of amides is 2. The molecule has 0 fully saturated rings. The smallest absolute Gasteiger partial charge is 0.281 e. The Bertz CT molecular complexity index is 552. The van der Waals surface area contributed by atoms with Crippen LogP contribution in [0.25, 0.3) is 0 Å². The van der Waals surface area contributed by atoms with Gasteiger partial charge in [0.2, 0.25) is 0 Å². The third kappa shape index (κ3) is 4.00. The van der Waals surface area contributed by atoms with E-state index in [1.165, 1.54) is 0 Å². The van der Waals surface area contributed by atoms with Gasteiger partial charge in [-0.2, -0.15) is 4.99 Å². The minimum Gasteiger partial charge on any atom is -0.281 e. The molecular formula is C16H23N3OS. The van der Waals surface area contributed by atoms with E-state index in [9.17, 15) is 4.79 Å². The second-order valence-corrected chi connectivity index (χ2v) is 7.02. The highest BCUT2D eigenvalue weighted by molar-refractivity contribution is 8.02. The van der Waals surface area contributed by atoms with Crippen molar-refractivity contribution in [1.82, 2.24) is 0 Å². The molecule has 5 heteroatoms. The number of anilines is 1. The molecule has 21 heavy (non-hydrogen) atoms. The van der Waals surface area contributed by atoms with Crippen LogP contribution in [0.15, 0.2) is 39.7 Å². The fourth-order valence-electron chi connectivity index (χ4n) is 2.08. The third-order valence-corrected chi connectivity index (χ3v) is 5.29. The maximum Gasteiger partial charge on any atom is 0.349 e. The van der Waals surface area contributed by atoms with Crippen molar-refractivity contribution in [2.45, 2.75) is 33.6 Å². The van der Waals surface area contributed by atoms with Gasteiger partial charge in [-0.3, -0.25) is 9.26 Å². The summed E-state index contributed by atoms with van der Waals surface area (Å²) in [7, 11) is -0.285. The molecule has 0 aliphatic carbocycles. The molecule has 114 valence electrons. The average molecular weight is 305 g/mol.